The highest BCUT2D eigenvalue weighted by Crippen LogP contribution is 2.38. The van der Waals surface area contributed by atoms with Gasteiger partial charge in [-0.15, -0.1) is 0 Å². The quantitative estimate of drug-likeness (QED) is 0.520. The summed E-state index contributed by atoms with van der Waals surface area (Å²) in [5, 5.41) is 2.71. The average molecular weight is 397 g/mol. The summed E-state index contributed by atoms with van der Waals surface area (Å²) in [6, 6.07) is 8.24. The van der Waals surface area contributed by atoms with E-state index < -0.39 is 0 Å². The van der Waals surface area contributed by atoms with Crippen LogP contribution in [0.1, 0.15) is 39.2 Å². The molecule has 0 amide bonds. The summed E-state index contributed by atoms with van der Waals surface area (Å²) >= 11 is 13.5. The standard InChI is InChI=1S/C15H21Br2Cl/c1-14(2,3)7-8-15(10-16,11-17)12-5-4-6-13(18)9-12/h4-6,9H,7-8,10-11H2,1-3H3. The van der Waals surface area contributed by atoms with Crippen LogP contribution in [-0.4, -0.2) is 10.7 Å². The first kappa shape index (κ1) is 16.5. The van der Waals surface area contributed by atoms with Crippen molar-refractivity contribution in [3.63, 3.8) is 0 Å². The number of rotatable bonds is 5. The zero-order valence-electron chi connectivity index (χ0n) is 11.3. The van der Waals surface area contributed by atoms with Gasteiger partial charge < -0.3 is 0 Å². The lowest BCUT2D eigenvalue weighted by Crippen LogP contribution is -2.31. The maximum atomic E-state index is 6.12. The van der Waals surface area contributed by atoms with Crippen LogP contribution in [0.4, 0.5) is 0 Å². The highest BCUT2D eigenvalue weighted by molar-refractivity contribution is 9.09. The second kappa shape index (κ2) is 6.76. The van der Waals surface area contributed by atoms with E-state index in [9.17, 15) is 0 Å². The van der Waals surface area contributed by atoms with Gasteiger partial charge in [-0.05, 0) is 36.0 Å². The summed E-state index contributed by atoms with van der Waals surface area (Å²) in [6.07, 6.45) is 2.34. The van der Waals surface area contributed by atoms with Crippen molar-refractivity contribution in [1.29, 1.82) is 0 Å². The summed E-state index contributed by atoms with van der Waals surface area (Å²) in [7, 11) is 0. The first-order chi connectivity index (χ1) is 8.33. The molecule has 0 aliphatic rings. The van der Waals surface area contributed by atoms with Gasteiger partial charge in [0.25, 0.3) is 0 Å². The summed E-state index contributed by atoms with van der Waals surface area (Å²) in [4.78, 5) is 0. The molecule has 0 aliphatic carbocycles. The highest BCUT2D eigenvalue weighted by atomic mass is 79.9. The first-order valence-electron chi connectivity index (χ1n) is 6.21. The van der Waals surface area contributed by atoms with Gasteiger partial charge in [-0.3, -0.25) is 0 Å². The summed E-state index contributed by atoms with van der Waals surface area (Å²) in [6.45, 7) is 6.87. The fourth-order valence-corrected chi connectivity index (χ4v) is 4.23. The van der Waals surface area contributed by atoms with Gasteiger partial charge in [-0.2, -0.15) is 0 Å². The van der Waals surface area contributed by atoms with E-state index >= 15 is 0 Å². The Balaban J connectivity index is 2.99. The fourth-order valence-electron chi connectivity index (χ4n) is 1.90. The van der Waals surface area contributed by atoms with Crippen LogP contribution >= 0.6 is 43.5 Å². The third-order valence-electron chi connectivity index (χ3n) is 3.30. The van der Waals surface area contributed by atoms with Crippen molar-refractivity contribution >= 4 is 43.5 Å². The average Bonchev–Trinajstić information content (AvgIpc) is 2.30. The Kier molecular flexibility index (Phi) is 6.21. The van der Waals surface area contributed by atoms with E-state index in [1.165, 1.54) is 12.0 Å². The van der Waals surface area contributed by atoms with E-state index in [1.54, 1.807) is 0 Å². The van der Waals surface area contributed by atoms with Crippen molar-refractivity contribution in [2.24, 2.45) is 5.41 Å². The normalized spacial score (nSPS) is 12.8. The van der Waals surface area contributed by atoms with Crippen molar-refractivity contribution in [2.45, 2.75) is 39.0 Å². The molecule has 0 N–H and O–H groups in total. The summed E-state index contributed by atoms with van der Waals surface area (Å²) in [5.74, 6) is 0. The minimum atomic E-state index is 0.123. The van der Waals surface area contributed by atoms with Gasteiger partial charge >= 0.3 is 0 Å². The second-order valence-corrected chi connectivity index (χ2v) is 7.68. The SMILES string of the molecule is CC(C)(C)CCC(CBr)(CBr)c1cccc(Cl)c1. The molecule has 0 spiro atoms. The first-order valence-corrected chi connectivity index (χ1v) is 8.83. The largest absolute Gasteiger partial charge is 0.0918 e. The van der Waals surface area contributed by atoms with Crippen LogP contribution in [0.5, 0.6) is 0 Å². The Hall–Kier alpha value is 0.470. The van der Waals surface area contributed by atoms with Gasteiger partial charge in [0.15, 0.2) is 0 Å². The third kappa shape index (κ3) is 4.54. The molecule has 0 unspecified atom stereocenters. The molecule has 0 nitrogen and oxygen atoms in total. The topological polar surface area (TPSA) is 0 Å². The van der Waals surface area contributed by atoms with Crippen LogP contribution < -0.4 is 0 Å². The summed E-state index contributed by atoms with van der Waals surface area (Å²) in [5.41, 5.74) is 1.79. The predicted molar refractivity (Wildman–Crippen MR) is 89.4 cm³/mol. The summed E-state index contributed by atoms with van der Waals surface area (Å²) < 4.78 is 0. The van der Waals surface area contributed by atoms with Crippen LogP contribution in [0.2, 0.25) is 5.02 Å². The molecule has 0 aromatic heterocycles. The van der Waals surface area contributed by atoms with Crippen LogP contribution in [0.25, 0.3) is 0 Å². The van der Waals surface area contributed by atoms with Crippen LogP contribution in [0.3, 0.4) is 0 Å². The van der Waals surface area contributed by atoms with Gasteiger partial charge in [0.1, 0.15) is 0 Å². The Morgan fingerprint density at radius 1 is 1.06 bits per heavy atom. The molecule has 0 saturated heterocycles. The van der Waals surface area contributed by atoms with Crippen molar-refractivity contribution < 1.29 is 0 Å². The Morgan fingerprint density at radius 2 is 1.67 bits per heavy atom. The van der Waals surface area contributed by atoms with E-state index in [0.717, 1.165) is 22.1 Å². The maximum absolute atomic E-state index is 6.12. The minimum absolute atomic E-state index is 0.123. The van der Waals surface area contributed by atoms with Crippen molar-refractivity contribution in [1.82, 2.24) is 0 Å². The van der Waals surface area contributed by atoms with Gasteiger partial charge in [0, 0.05) is 21.1 Å². The molecule has 102 valence electrons. The van der Waals surface area contributed by atoms with Crippen molar-refractivity contribution in [2.75, 3.05) is 10.7 Å². The zero-order chi connectivity index (χ0) is 13.8. The molecule has 0 bridgehead atoms. The van der Waals surface area contributed by atoms with Crippen LogP contribution in [0.15, 0.2) is 24.3 Å². The molecule has 18 heavy (non-hydrogen) atoms. The lowest BCUT2D eigenvalue weighted by atomic mass is 9.76. The molecule has 3 heteroatoms. The van der Waals surface area contributed by atoms with Crippen LogP contribution in [-0.2, 0) is 5.41 Å². The van der Waals surface area contributed by atoms with E-state index in [4.69, 9.17) is 11.6 Å². The van der Waals surface area contributed by atoms with E-state index in [2.05, 4.69) is 64.8 Å². The lowest BCUT2D eigenvalue weighted by Gasteiger charge is -2.33. The number of halogens is 3. The minimum Gasteiger partial charge on any atom is -0.0918 e. The van der Waals surface area contributed by atoms with Gasteiger partial charge in [0.2, 0.25) is 0 Å². The molecule has 1 aromatic rings. The van der Waals surface area contributed by atoms with Crippen molar-refractivity contribution in [3.8, 4) is 0 Å². The van der Waals surface area contributed by atoms with E-state index in [0.29, 0.717) is 5.41 Å². The lowest BCUT2D eigenvalue weighted by molar-refractivity contribution is 0.321. The predicted octanol–water partition coefficient (Wildman–Crippen LogP) is 6.19. The maximum Gasteiger partial charge on any atom is 0.0408 e. The Bertz CT molecular complexity index is 378. The Labute approximate surface area is 133 Å². The zero-order valence-corrected chi connectivity index (χ0v) is 15.2. The van der Waals surface area contributed by atoms with Gasteiger partial charge in [-0.1, -0.05) is 76.4 Å². The molecule has 0 heterocycles. The smallest absolute Gasteiger partial charge is 0.0408 e. The number of hydrogen-bond donors (Lipinski definition) is 0. The third-order valence-corrected chi connectivity index (χ3v) is 5.68. The molecule has 0 fully saturated rings. The molecular formula is C15H21Br2Cl. The fraction of sp³-hybridized carbons (Fsp3) is 0.600. The van der Waals surface area contributed by atoms with Crippen LogP contribution in [0, 0.1) is 5.41 Å². The molecule has 1 rings (SSSR count). The molecule has 0 saturated carbocycles. The monoisotopic (exact) mass is 394 g/mol. The Morgan fingerprint density at radius 3 is 2.11 bits per heavy atom. The molecule has 0 atom stereocenters. The molecule has 0 radical (unpaired) electrons. The van der Waals surface area contributed by atoms with Gasteiger partial charge in [-0.25, -0.2) is 0 Å². The van der Waals surface area contributed by atoms with Crippen molar-refractivity contribution in [3.05, 3.63) is 34.9 Å². The van der Waals surface area contributed by atoms with E-state index in [-0.39, 0.29) is 5.41 Å². The number of benzene rings is 1. The highest BCUT2D eigenvalue weighted by Gasteiger charge is 2.31. The molecule has 0 aliphatic heterocycles. The number of hydrogen-bond acceptors (Lipinski definition) is 0. The molecule has 1 aromatic carbocycles. The van der Waals surface area contributed by atoms with E-state index in [1.807, 2.05) is 12.1 Å². The van der Waals surface area contributed by atoms with Gasteiger partial charge in [0.05, 0.1) is 0 Å². The second-order valence-electron chi connectivity index (χ2n) is 6.12. The number of alkyl halides is 2. The molecular weight excluding hydrogens is 375 g/mol.